The molecule has 0 saturated heterocycles. The highest BCUT2D eigenvalue weighted by molar-refractivity contribution is 5.71. The van der Waals surface area contributed by atoms with Gasteiger partial charge in [0.15, 0.2) is 11.6 Å². The number of phenols is 1. The summed E-state index contributed by atoms with van der Waals surface area (Å²) in [5.74, 6) is -1.06. The lowest BCUT2D eigenvalue weighted by atomic mass is 9.99. The zero-order valence-corrected chi connectivity index (χ0v) is 14.3. The zero-order chi connectivity index (χ0) is 17.9. The van der Waals surface area contributed by atoms with Crippen LogP contribution in [0.3, 0.4) is 0 Å². The van der Waals surface area contributed by atoms with E-state index in [9.17, 15) is 14.3 Å². The molecule has 0 fully saturated rings. The maximum Gasteiger partial charge on any atom is 0.408 e. The third-order valence-electron chi connectivity index (χ3n) is 3.42. The normalized spacial score (nSPS) is 12.5. The minimum atomic E-state index is -0.669. The number of ether oxygens (including phenoxy) is 1. The molecule has 0 unspecified atom stereocenters. The summed E-state index contributed by atoms with van der Waals surface area (Å²) in [6.07, 6.45) is -0.506. The molecule has 1 atom stereocenters. The van der Waals surface area contributed by atoms with Crippen LogP contribution in [0.4, 0.5) is 9.18 Å². The van der Waals surface area contributed by atoms with E-state index in [0.29, 0.717) is 11.1 Å². The van der Waals surface area contributed by atoms with Gasteiger partial charge in [0.1, 0.15) is 5.60 Å². The van der Waals surface area contributed by atoms with E-state index >= 15 is 0 Å². The summed E-state index contributed by atoms with van der Waals surface area (Å²) < 4.78 is 18.8. The van der Waals surface area contributed by atoms with Gasteiger partial charge in [-0.05, 0) is 51.0 Å². The third-order valence-corrected chi connectivity index (χ3v) is 3.42. The SMILES string of the molecule is C[C@@H](NC(=O)OC(C)(C)C)c1cccc(-c2cccc(F)c2O)c1. The van der Waals surface area contributed by atoms with E-state index < -0.39 is 17.5 Å². The second-order valence-electron chi connectivity index (χ2n) is 6.63. The Morgan fingerprint density at radius 3 is 2.54 bits per heavy atom. The number of rotatable bonds is 3. The molecule has 0 radical (unpaired) electrons. The summed E-state index contributed by atoms with van der Waals surface area (Å²) in [5.41, 5.74) is 1.32. The lowest BCUT2D eigenvalue weighted by Gasteiger charge is -2.22. The fourth-order valence-electron chi connectivity index (χ4n) is 2.29. The van der Waals surface area contributed by atoms with Crippen LogP contribution < -0.4 is 5.32 Å². The van der Waals surface area contributed by atoms with E-state index in [1.54, 1.807) is 51.1 Å². The second-order valence-corrected chi connectivity index (χ2v) is 6.63. The molecule has 2 aromatic rings. The first kappa shape index (κ1) is 17.8. The molecule has 0 heterocycles. The largest absolute Gasteiger partial charge is 0.504 e. The number of para-hydroxylation sites is 1. The maximum absolute atomic E-state index is 13.5. The van der Waals surface area contributed by atoms with Crippen LogP contribution >= 0.6 is 0 Å². The van der Waals surface area contributed by atoms with Crippen molar-refractivity contribution in [3.8, 4) is 16.9 Å². The number of benzene rings is 2. The quantitative estimate of drug-likeness (QED) is 0.850. The van der Waals surface area contributed by atoms with Crippen molar-refractivity contribution in [2.45, 2.75) is 39.3 Å². The molecular formula is C19H22FNO3. The van der Waals surface area contributed by atoms with Crippen LogP contribution in [-0.2, 0) is 4.74 Å². The fourth-order valence-corrected chi connectivity index (χ4v) is 2.29. The molecule has 0 aliphatic carbocycles. The highest BCUT2D eigenvalue weighted by Crippen LogP contribution is 2.32. The van der Waals surface area contributed by atoms with E-state index in [0.717, 1.165) is 5.56 Å². The molecule has 0 saturated carbocycles. The zero-order valence-electron chi connectivity index (χ0n) is 14.3. The number of carbonyl (C=O) groups excluding carboxylic acids is 1. The van der Waals surface area contributed by atoms with E-state index in [1.807, 2.05) is 13.0 Å². The predicted molar refractivity (Wildman–Crippen MR) is 91.3 cm³/mol. The first-order chi connectivity index (χ1) is 11.2. The van der Waals surface area contributed by atoms with Gasteiger partial charge in [0, 0.05) is 5.56 Å². The fraction of sp³-hybridized carbons (Fsp3) is 0.316. The standard InChI is InChI=1S/C19H22FNO3/c1-12(21-18(23)24-19(2,3)4)13-7-5-8-14(11-13)15-9-6-10-16(20)17(15)22/h5-12,22H,1-4H3,(H,21,23)/t12-/m1/s1. The number of alkyl carbamates (subject to hydrolysis) is 1. The lowest BCUT2D eigenvalue weighted by molar-refractivity contribution is 0.0508. The average molecular weight is 331 g/mol. The molecule has 0 aliphatic rings. The molecule has 5 heteroatoms. The summed E-state index contributed by atoms with van der Waals surface area (Å²) in [6.45, 7) is 7.22. The van der Waals surface area contributed by atoms with Gasteiger partial charge in [0.05, 0.1) is 6.04 Å². The van der Waals surface area contributed by atoms with Crippen LogP contribution in [0.25, 0.3) is 11.1 Å². The Hall–Kier alpha value is -2.56. The molecule has 2 N–H and O–H groups in total. The number of aromatic hydroxyl groups is 1. The molecular weight excluding hydrogens is 309 g/mol. The van der Waals surface area contributed by atoms with E-state index in [1.165, 1.54) is 6.07 Å². The highest BCUT2D eigenvalue weighted by atomic mass is 19.1. The van der Waals surface area contributed by atoms with Gasteiger partial charge in [-0.3, -0.25) is 0 Å². The minimum absolute atomic E-state index is 0.296. The Bertz CT molecular complexity index is 738. The molecule has 4 nitrogen and oxygen atoms in total. The number of hydrogen-bond acceptors (Lipinski definition) is 3. The number of halogens is 1. The van der Waals surface area contributed by atoms with Crippen molar-refractivity contribution in [3.05, 3.63) is 53.8 Å². The minimum Gasteiger partial charge on any atom is -0.504 e. The van der Waals surface area contributed by atoms with Crippen molar-refractivity contribution in [1.82, 2.24) is 5.32 Å². The molecule has 24 heavy (non-hydrogen) atoms. The van der Waals surface area contributed by atoms with Gasteiger partial charge >= 0.3 is 6.09 Å². The summed E-state index contributed by atoms with van der Waals surface area (Å²) in [4.78, 5) is 11.9. The molecule has 2 aromatic carbocycles. The first-order valence-electron chi connectivity index (χ1n) is 7.75. The van der Waals surface area contributed by atoms with E-state index in [4.69, 9.17) is 4.74 Å². The Labute approximate surface area is 141 Å². The van der Waals surface area contributed by atoms with Gasteiger partial charge in [0.25, 0.3) is 0 Å². The van der Waals surface area contributed by atoms with E-state index in [-0.39, 0.29) is 11.8 Å². The van der Waals surface area contributed by atoms with Crippen molar-refractivity contribution < 1.29 is 19.0 Å². The van der Waals surface area contributed by atoms with Crippen molar-refractivity contribution in [1.29, 1.82) is 0 Å². The van der Waals surface area contributed by atoms with Crippen LogP contribution in [0, 0.1) is 5.82 Å². The number of hydrogen-bond donors (Lipinski definition) is 2. The molecule has 0 bridgehead atoms. The van der Waals surface area contributed by atoms with Crippen LogP contribution in [0.15, 0.2) is 42.5 Å². The summed E-state index contributed by atoms with van der Waals surface area (Å²) in [7, 11) is 0. The highest BCUT2D eigenvalue weighted by Gasteiger charge is 2.18. The van der Waals surface area contributed by atoms with Crippen molar-refractivity contribution in [3.63, 3.8) is 0 Å². The molecule has 2 rings (SSSR count). The van der Waals surface area contributed by atoms with Crippen molar-refractivity contribution in [2.24, 2.45) is 0 Å². The van der Waals surface area contributed by atoms with Gasteiger partial charge in [-0.1, -0.05) is 30.3 Å². The summed E-state index contributed by atoms with van der Waals surface area (Å²) >= 11 is 0. The first-order valence-corrected chi connectivity index (χ1v) is 7.75. The van der Waals surface area contributed by atoms with Crippen LogP contribution in [0.2, 0.25) is 0 Å². The molecule has 0 aromatic heterocycles. The smallest absolute Gasteiger partial charge is 0.408 e. The van der Waals surface area contributed by atoms with E-state index in [2.05, 4.69) is 5.32 Å². The summed E-state index contributed by atoms with van der Waals surface area (Å²) in [5, 5.41) is 12.6. The monoisotopic (exact) mass is 331 g/mol. The lowest BCUT2D eigenvalue weighted by Crippen LogP contribution is -2.34. The number of phenolic OH excluding ortho intramolecular Hbond substituents is 1. The van der Waals surface area contributed by atoms with Crippen molar-refractivity contribution in [2.75, 3.05) is 0 Å². The Kier molecular flexibility index (Phi) is 5.12. The van der Waals surface area contributed by atoms with Gasteiger partial charge in [-0.2, -0.15) is 0 Å². The molecule has 0 aliphatic heterocycles. The molecule has 128 valence electrons. The number of carbonyl (C=O) groups is 1. The van der Waals surface area contributed by atoms with Crippen LogP contribution in [0.1, 0.15) is 39.3 Å². The maximum atomic E-state index is 13.5. The van der Waals surface area contributed by atoms with Gasteiger partial charge < -0.3 is 15.2 Å². The third kappa shape index (κ3) is 4.47. The predicted octanol–water partition coefficient (Wildman–Crippen LogP) is 4.78. The Morgan fingerprint density at radius 1 is 1.21 bits per heavy atom. The molecule has 1 amide bonds. The van der Waals surface area contributed by atoms with Gasteiger partial charge in [-0.15, -0.1) is 0 Å². The Balaban J connectivity index is 2.21. The summed E-state index contributed by atoms with van der Waals surface area (Å²) in [6, 6.07) is 11.3. The topological polar surface area (TPSA) is 58.6 Å². The van der Waals surface area contributed by atoms with Crippen molar-refractivity contribution >= 4 is 6.09 Å². The Morgan fingerprint density at radius 2 is 1.88 bits per heavy atom. The van der Waals surface area contributed by atoms with Gasteiger partial charge in [0.2, 0.25) is 0 Å². The number of nitrogens with one attached hydrogen (secondary N) is 1. The van der Waals surface area contributed by atoms with Crippen LogP contribution in [0.5, 0.6) is 5.75 Å². The van der Waals surface area contributed by atoms with Gasteiger partial charge in [-0.25, -0.2) is 9.18 Å². The second kappa shape index (κ2) is 6.91. The molecule has 0 spiro atoms. The van der Waals surface area contributed by atoms with Crippen LogP contribution in [-0.4, -0.2) is 16.8 Å². The average Bonchev–Trinajstić information content (AvgIpc) is 2.48. The number of amides is 1.